The molecule has 0 bridgehead atoms. The highest BCUT2D eigenvalue weighted by Crippen LogP contribution is 2.17. The average Bonchev–Trinajstić information content (AvgIpc) is 2.52. The fraction of sp³-hybridized carbons (Fsp3) is 0.250. The number of para-hydroxylation sites is 1. The highest BCUT2D eigenvalue weighted by Gasteiger charge is 2.03. The maximum absolute atomic E-state index is 10.5. The van der Waals surface area contributed by atoms with E-state index < -0.39 is 4.92 Å². The minimum atomic E-state index is -0.418. The number of hydrogen-bond donors (Lipinski definition) is 1. The van der Waals surface area contributed by atoms with Gasteiger partial charge in [0.2, 0.25) is 0 Å². The summed E-state index contributed by atoms with van der Waals surface area (Å²) in [5.41, 5.74) is 1.20. The van der Waals surface area contributed by atoms with Crippen molar-refractivity contribution in [3.8, 4) is 5.75 Å². The van der Waals surface area contributed by atoms with E-state index in [0.717, 1.165) is 25.1 Å². The van der Waals surface area contributed by atoms with E-state index in [2.05, 4.69) is 5.32 Å². The number of ether oxygens (including phenoxy) is 1. The van der Waals surface area contributed by atoms with Crippen LogP contribution < -0.4 is 10.1 Å². The molecule has 0 saturated carbocycles. The molecule has 2 rings (SSSR count). The van der Waals surface area contributed by atoms with Gasteiger partial charge >= 0.3 is 0 Å². The van der Waals surface area contributed by atoms with Gasteiger partial charge in [-0.3, -0.25) is 10.1 Å². The molecule has 110 valence electrons. The van der Waals surface area contributed by atoms with Gasteiger partial charge < -0.3 is 10.1 Å². The lowest BCUT2D eigenvalue weighted by molar-refractivity contribution is -0.384. The fourth-order valence-corrected chi connectivity index (χ4v) is 1.87. The largest absolute Gasteiger partial charge is 0.494 e. The predicted molar refractivity (Wildman–Crippen MR) is 82.8 cm³/mol. The Morgan fingerprint density at radius 3 is 2.38 bits per heavy atom. The zero-order valence-electron chi connectivity index (χ0n) is 11.7. The van der Waals surface area contributed by atoms with Crippen LogP contribution in [0.25, 0.3) is 0 Å². The predicted octanol–water partition coefficient (Wildman–Crippen LogP) is 3.87. The third-order valence-electron chi connectivity index (χ3n) is 2.99. The van der Waals surface area contributed by atoms with Crippen LogP contribution in [0.1, 0.15) is 12.8 Å². The molecular weight excluding hydrogens is 268 g/mol. The molecule has 0 radical (unpaired) electrons. The number of nitro groups is 1. The molecule has 0 aliphatic heterocycles. The topological polar surface area (TPSA) is 64.4 Å². The average molecular weight is 286 g/mol. The summed E-state index contributed by atoms with van der Waals surface area (Å²) in [5.74, 6) is 0.664. The van der Waals surface area contributed by atoms with Gasteiger partial charge in [-0.1, -0.05) is 18.2 Å². The number of unbranched alkanes of at least 4 members (excludes halogenated alkanes) is 1. The molecule has 2 aromatic rings. The van der Waals surface area contributed by atoms with E-state index in [-0.39, 0.29) is 5.69 Å². The van der Waals surface area contributed by atoms with Gasteiger partial charge in [0.25, 0.3) is 5.69 Å². The second kappa shape index (κ2) is 7.89. The molecule has 5 nitrogen and oxygen atoms in total. The van der Waals surface area contributed by atoms with Gasteiger partial charge in [-0.25, -0.2) is 0 Å². The Hall–Kier alpha value is -2.56. The number of rotatable bonds is 8. The third kappa shape index (κ3) is 5.14. The third-order valence-corrected chi connectivity index (χ3v) is 2.99. The smallest absolute Gasteiger partial charge is 0.269 e. The minimum absolute atomic E-state index is 0.0782. The van der Waals surface area contributed by atoms with Crippen molar-refractivity contribution in [3.05, 3.63) is 64.7 Å². The number of benzene rings is 2. The van der Waals surface area contributed by atoms with Gasteiger partial charge in [-0.2, -0.15) is 0 Å². The standard InChI is InChI=1S/C16H18N2O3/c19-18(20)15-8-10-16(11-9-15)21-13-5-4-12-17-14-6-2-1-3-7-14/h1-3,6-11,17H,4-5,12-13H2. The molecule has 0 fully saturated rings. The van der Waals surface area contributed by atoms with Gasteiger partial charge in [-0.05, 0) is 37.1 Å². The lowest BCUT2D eigenvalue weighted by atomic mass is 10.3. The van der Waals surface area contributed by atoms with E-state index in [0.29, 0.717) is 12.4 Å². The van der Waals surface area contributed by atoms with Crippen molar-refractivity contribution >= 4 is 11.4 Å². The summed E-state index contributed by atoms with van der Waals surface area (Å²) < 4.78 is 5.54. The SMILES string of the molecule is O=[N+]([O-])c1ccc(OCCCCNc2ccccc2)cc1. The molecule has 0 heterocycles. The zero-order chi connectivity index (χ0) is 14.9. The Morgan fingerprint density at radius 1 is 1.00 bits per heavy atom. The van der Waals surface area contributed by atoms with Crippen LogP contribution >= 0.6 is 0 Å². The van der Waals surface area contributed by atoms with Gasteiger partial charge in [-0.15, -0.1) is 0 Å². The number of non-ortho nitro benzene ring substituents is 1. The van der Waals surface area contributed by atoms with Crippen LogP contribution in [0, 0.1) is 10.1 Å². The van der Waals surface area contributed by atoms with Crippen molar-refractivity contribution in [2.75, 3.05) is 18.5 Å². The van der Waals surface area contributed by atoms with E-state index in [1.165, 1.54) is 12.1 Å². The summed E-state index contributed by atoms with van der Waals surface area (Å²) in [4.78, 5) is 10.1. The number of anilines is 1. The monoisotopic (exact) mass is 286 g/mol. The molecule has 0 spiro atoms. The van der Waals surface area contributed by atoms with Crippen molar-refractivity contribution in [3.63, 3.8) is 0 Å². The highest BCUT2D eigenvalue weighted by molar-refractivity contribution is 5.42. The molecule has 0 aromatic heterocycles. The van der Waals surface area contributed by atoms with E-state index in [4.69, 9.17) is 4.74 Å². The molecule has 0 saturated heterocycles. The van der Waals surface area contributed by atoms with Crippen LogP contribution in [0.4, 0.5) is 11.4 Å². The first-order valence-corrected chi connectivity index (χ1v) is 6.92. The lowest BCUT2D eigenvalue weighted by Gasteiger charge is -2.07. The molecule has 0 unspecified atom stereocenters. The first kappa shape index (κ1) is 14.8. The summed E-state index contributed by atoms with van der Waals surface area (Å²) in [6.45, 7) is 1.50. The Kier molecular flexibility index (Phi) is 5.58. The number of nitrogens with one attached hydrogen (secondary N) is 1. The van der Waals surface area contributed by atoms with Crippen LogP contribution in [0.2, 0.25) is 0 Å². The number of nitrogens with zero attached hydrogens (tertiary/aromatic N) is 1. The van der Waals surface area contributed by atoms with E-state index in [1.807, 2.05) is 30.3 Å². The van der Waals surface area contributed by atoms with Crippen molar-refractivity contribution in [2.45, 2.75) is 12.8 Å². The Bertz CT molecular complexity index is 555. The Balaban J connectivity index is 1.60. The molecule has 2 aromatic carbocycles. The van der Waals surface area contributed by atoms with E-state index in [1.54, 1.807) is 12.1 Å². The maximum atomic E-state index is 10.5. The quantitative estimate of drug-likeness (QED) is 0.454. The van der Waals surface area contributed by atoms with Crippen LogP contribution in [0.5, 0.6) is 5.75 Å². The van der Waals surface area contributed by atoms with E-state index >= 15 is 0 Å². The van der Waals surface area contributed by atoms with Crippen LogP contribution in [-0.4, -0.2) is 18.1 Å². The molecule has 0 aliphatic rings. The summed E-state index contributed by atoms with van der Waals surface area (Å²) in [7, 11) is 0. The molecule has 0 amide bonds. The fourth-order valence-electron chi connectivity index (χ4n) is 1.87. The molecule has 0 atom stereocenters. The zero-order valence-corrected chi connectivity index (χ0v) is 11.7. The first-order chi connectivity index (χ1) is 10.3. The molecule has 0 aliphatic carbocycles. The molecule has 5 heteroatoms. The van der Waals surface area contributed by atoms with Gasteiger partial charge in [0.15, 0.2) is 0 Å². The summed E-state index contributed by atoms with van der Waals surface area (Å²) in [6.07, 6.45) is 1.93. The lowest BCUT2D eigenvalue weighted by Crippen LogP contribution is -2.04. The molecule has 21 heavy (non-hydrogen) atoms. The maximum Gasteiger partial charge on any atom is 0.269 e. The second-order valence-corrected chi connectivity index (χ2v) is 4.60. The van der Waals surface area contributed by atoms with Gasteiger partial charge in [0.1, 0.15) is 5.75 Å². The van der Waals surface area contributed by atoms with Gasteiger partial charge in [0, 0.05) is 24.4 Å². The minimum Gasteiger partial charge on any atom is -0.494 e. The number of hydrogen-bond acceptors (Lipinski definition) is 4. The first-order valence-electron chi connectivity index (χ1n) is 6.92. The van der Waals surface area contributed by atoms with Crippen molar-refractivity contribution in [2.24, 2.45) is 0 Å². The van der Waals surface area contributed by atoms with Crippen LogP contribution in [-0.2, 0) is 0 Å². The molecular formula is C16H18N2O3. The summed E-state index contributed by atoms with van der Waals surface area (Å²) in [6, 6.07) is 16.2. The Morgan fingerprint density at radius 2 is 1.71 bits per heavy atom. The van der Waals surface area contributed by atoms with Gasteiger partial charge in [0.05, 0.1) is 11.5 Å². The van der Waals surface area contributed by atoms with E-state index in [9.17, 15) is 10.1 Å². The van der Waals surface area contributed by atoms with Crippen molar-refractivity contribution in [1.82, 2.24) is 0 Å². The normalized spacial score (nSPS) is 10.1. The van der Waals surface area contributed by atoms with Crippen LogP contribution in [0.15, 0.2) is 54.6 Å². The summed E-state index contributed by atoms with van der Waals surface area (Å²) >= 11 is 0. The van der Waals surface area contributed by atoms with Crippen molar-refractivity contribution < 1.29 is 9.66 Å². The van der Waals surface area contributed by atoms with Crippen LogP contribution in [0.3, 0.4) is 0 Å². The highest BCUT2D eigenvalue weighted by atomic mass is 16.6. The summed E-state index contributed by atoms with van der Waals surface area (Å²) in [5, 5.41) is 13.9. The Labute approximate surface area is 123 Å². The second-order valence-electron chi connectivity index (χ2n) is 4.60. The van der Waals surface area contributed by atoms with Crippen molar-refractivity contribution in [1.29, 1.82) is 0 Å². The molecule has 1 N–H and O–H groups in total. The number of nitro benzene ring substituents is 1.